The van der Waals surface area contributed by atoms with Gasteiger partial charge in [0.25, 0.3) is 5.56 Å². The van der Waals surface area contributed by atoms with Crippen molar-refractivity contribution in [2.24, 2.45) is 12.0 Å². The van der Waals surface area contributed by atoms with Gasteiger partial charge in [0, 0.05) is 23.3 Å². The van der Waals surface area contributed by atoms with Crippen LogP contribution in [0.5, 0.6) is 11.5 Å². The molecule has 0 unspecified atom stereocenters. The Morgan fingerprint density at radius 2 is 1.85 bits per heavy atom. The van der Waals surface area contributed by atoms with Crippen LogP contribution in [-0.4, -0.2) is 22.4 Å². The highest BCUT2D eigenvalue weighted by molar-refractivity contribution is 9.10. The summed E-state index contributed by atoms with van der Waals surface area (Å²) in [5.74, 6) is 1.36. The molecular weight excluding hydrogens is 398 g/mol. The van der Waals surface area contributed by atoms with Gasteiger partial charge in [0.1, 0.15) is 0 Å². The lowest BCUT2D eigenvalue weighted by atomic mass is 10.2. The number of aromatic nitrogens is 2. The zero-order chi connectivity index (χ0) is 18.3. The van der Waals surface area contributed by atoms with Crippen molar-refractivity contribution in [3.8, 4) is 17.2 Å². The summed E-state index contributed by atoms with van der Waals surface area (Å²) in [7, 11) is 1.85. The highest BCUT2D eigenvalue weighted by atomic mass is 79.9. The molecule has 0 fully saturated rings. The summed E-state index contributed by atoms with van der Waals surface area (Å²) in [6.45, 7) is 2.09. The number of hydrogen-bond acceptors (Lipinski definition) is 4. The van der Waals surface area contributed by atoms with Gasteiger partial charge in [-0.15, -0.1) is 0 Å². The Bertz CT molecular complexity index is 1070. The normalized spacial score (nSPS) is 12.9. The highest BCUT2D eigenvalue weighted by Crippen LogP contribution is 2.36. The molecular formula is C19H16BrN3O3. The minimum atomic E-state index is -0.163. The number of para-hydroxylation sites is 1. The van der Waals surface area contributed by atoms with E-state index >= 15 is 0 Å². The molecule has 0 aliphatic carbocycles. The molecule has 3 aromatic rings. The lowest BCUT2D eigenvalue weighted by Crippen LogP contribution is -2.19. The average Bonchev–Trinajstić information content (AvgIpc) is 3.17. The SMILES string of the molecule is Cc1c(N=Cc2cc3c(cc2Br)OCO3)c(=O)n(-c2ccccc2)n1C. The molecule has 0 bridgehead atoms. The van der Waals surface area contributed by atoms with Crippen LogP contribution in [0.25, 0.3) is 5.69 Å². The van der Waals surface area contributed by atoms with Crippen molar-refractivity contribution in [3.05, 3.63) is 68.5 Å². The first-order valence-corrected chi connectivity index (χ1v) is 8.83. The quantitative estimate of drug-likeness (QED) is 0.614. The smallest absolute Gasteiger partial charge is 0.297 e. The van der Waals surface area contributed by atoms with Gasteiger partial charge in [0.2, 0.25) is 6.79 Å². The van der Waals surface area contributed by atoms with E-state index in [1.165, 1.54) is 0 Å². The van der Waals surface area contributed by atoms with Crippen molar-refractivity contribution in [2.45, 2.75) is 6.92 Å². The van der Waals surface area contributed by atoms with Gasteiger partial charge in [-0.1, -0.05) is 18.2 Å². The Balaban J connectivity index is 1.76. The third-order valence-corrected chi connectivity index (χ3v) is 5.04. The fourth-order valence-corrected chi connectivity index (χ4v) is 3.29. The van der Waals surface area contributed by atoms with Crippen molar-refractivity contribution in [1.82, 2.24) is 9.36 Å². The molecule has 0 radical (unpaired) electrons. The molecule has 0 spiro atoms. The van der Waals surface area contributed by atoms with Gasteiger partial charge in [-0.05, 0) is 47.1 Å². The average molecular weight is 414 g/mol. The zero-order valence-electron chi connectivity index (χ0n) is 14.3. The number of halogens is 1. The molecule has 0 saturated carbocycles. The third-order valence-electron chi connectivity index (χ3n) is 4.35. The number of ether oxygens (including phenoxy) is 2. The van der Waals surface area contributed by atoms with Crippen molar-refractivity contribution < 1.29 is 9.47 Å². The molecule has 6 nitrogen and oxygen atoms in total. The van der Waals surface area contributed by atoms with Crippen LogP contribution < -0.4 is 15.0 Å². The molecule has 2 aromatic carbocycles. The lowest BCUT2D eigenvalue weighted by molar-refractivity contribution is 0.174. The van der Waals surface area contributed by atoms with Crippen LogP contribution in [0, 0.1) is 6.92 Å². The molecule has 132 valence electrons. The second-order valence-electron chi connectivity index (χ2n) is 5.90. The Kier molecular flexibility index (Phi) is 4.16. The van der Waals surface area contributed by atoms with Gasteiger partial charge in [-0.3, -0.25) is 9.48 Å². The molecule has 0 atom stereocenters. The summed E-state index contributed by atoms with van der Waals surface area (Å²) in [5, 5.41) is 0. The molecule has 0 saturated heterocycles. The Morgan fingerprint density at radius 3 is 2.58 bits per heavy atom. The van der Waals surface area contributed by atoms with Gasteiger partial charge in [-0.25, -0.2) is 9.67 Å². The summed E-state index contributed by atoms with van der Waals surface area (Å²) >= 11 is 3.50. The highest BCUT2D eigenvalue weighted by Gasteiger charge is 2.17. The van der Waals surface area contributed by atoms with Crippen molar-refractivity contribution in [3.63, 3.8) is 0 Å². The van der Waals surface area contributed by atoms with E-state index in [4.69, 9.17) is 9.47 Å². The summed E-state index contributed by atoms with van der Waals surface area (Å²) in [5.41, 5.74) is 2.63. The maximum Gasteiger partial charge on any atom is 0.297 e. The molecule has 4 rings (SSSR count). The van der Waals surface area contributed by atoms with Gasteiger partial charge < -0.3 is 9.47 Å². The van der Waals surface area contributed by atoms with E-state index in [1.54, 1.807) is 15.6 Å². The fourth-order valence-electron chi connectivity index (χ4n) is 2.87. The Morgan fingerprint density at radius 1 is 1.15 bits per heavy atom. The van der Waals surface area contributed by atoms with Crippen LogP contribution >= 0.6 is 15.9 Å². The Labute approximate surface area is 158 Å². The van der Waals surface area contributed by atoms with Crippen molar-refractivity contribution >= 4 is 27.8 Å². The van der Waals surface area contributed by atoms with Crippen LogP contribution in [0.4, 0.5) is 5.69 Å². The predicted octanol–water partition coefficient (Wildman–Crippen LogP) is 3.73. The van der Waals surface area contributed by atoms with Crippen molar-refractivity contribution in [1.29, 1.82) is 0 Å². The summed E-state index contributed by atoms with van der Waals surface area (Å²) in [6, 6.07) is 13.2. The first kappa shape index (κ1) is 16.7. The van der Waals surface area contributed by atoms with Gasteiger partial charge in [0.15, 0.2) is 17.2 Å². The van der Waals surface area contributed by atoms with Gasteiger partial charge in [0.05, 0.1) is 11.4 Å². The predicted molar refractivity (Wildman–Crippen MR) is 103 cm³/mol. The molecule has 1 aliphatic rings. The summed E-state index contributed by atoms with van der Waals surface area (Å²) < 4.78 is 15.0. The monoisotopic (exact) mass is 413 g/mol. The van der Waals surface area contributed by atoms with E-state index in [1.807, 2.05) is 56.4 Å². The van der Waals surface area contributed by atoms with Crippen LogP contribution in [-0.2, 0) is 7.05 Å². The first-order valence-electron chi connectivity index (χ1n) is 8.03. The van der Waals surface area contributed by atoms with Crippen LogP contribution in [0.3, 0.4) is 0 Å². The minimum absolute atomic E-state index is 0.163. The number of rotatable bonds is 3. The number of nitrogens with zero attached hydrogens (tertiary/aromatic N) is 3. The second-order valence-corrected chi connectivity index (χ2v) is 6.75. The fraction of sp³-hybridized carbons (Fsp3) is 0.158. The van der Waals surface area contributed by atoms with Crippen LogP contribution in [0.2, 0.25) is 0 Å². The maximum atomic E-state index is 12.9. The third kappa shape index (κ3) is 2.74. The van der Waals surface area contributed by atoms with Crippen molar-refractivity contribution in [2.75, 3.05) is 6.79 Å². The molecule has 1 aromatic heterocycles. The number of fused-ring (bicyclic) bond motifs is 1. The minimum Gasteiger partial charge on any atom is -0.454 e. The Hall–Kier alpha value is -2.80. The van der Waals surface area contributed by atoms with E-state index < -0.39 is 0 Å². The summed E-state index contributed by atoms with van der Waals surface area (Å²) in [6.07, 6.45) is 1.66. The van der Waals surface area contributed by atoms with Gasteiger partial charge in [-0.2, -0.15) is 0 Å². The second kappa shape index (κ2) is 6.49. The van der Waals surface area contributed by atoms with E-state index in [0.717, 1.165) is 21.4 Å². The summed E-state index contributed by atoms with van der Waals surface area (Å²) in [4.78, 5) is 17.3. The maximum absolute atomic E-state index is 12.9. The van der Waals surface area contributed by atoms with Crippen LogP contribution in [0.1, 0.15) is 11.3 Å². The number of hydrogen-bond donors (Lipinski definition) is 0. The molecule has 1 aliphatic heterocycles. The van der Waals surface area contributed by atoms with E-state index in [-0.39, 0.29) is 12.4 Å². The standard InChI is InChI=1S/C19H16BrN3O3/c1-12-18(19(24)23(22(12)2)14-6-4-3-5-7-14)21-10-13-8-16-17(9-15(13)20)26-11-25-16/h3-10H,11H2,1-2H3. The molecule has 0 amide bonds. The number of aliphatic imine (C=N–C) groups is 1. The van der Waals surface area contributed by atoms with Crippen LogP contribution in [0.15, 0.2) is 56.7 Å². The first-order chi connectivity index (χ1) is 12.6. The van der Waals surface area contributed by atoms with E-state index in [9.17, 15) is 4.79 Å². The molecule has 2 heterocycles. The van der Waals surface area contributed by atoms with E-state index in [0.29, 0.717) is 17.2 Å². The molecule has 7 heteroatoms. The topological polar surface area (TPSA) is 57.8 Å². The number of benzene rings is 2. The molecule has 26 heavy (non-hydrogen) atoms. The van der Waals surface area contributed by atoms with E-state index in [2.05, 4.69) is 20.9 Å². The lowest BCUT2D eigenvalue weighted by Gasteiger charge is -2.07. The largest absolute Gasteiger partial charge is 0.454 e. The van der Waals surface area contributed by atoms with Gasteiger partial charge >= 0.3 is 0 Å². The molecule has 0 N–H and O–H groups in total. The zero-order valence-corrected chi connectivity index (χ0v) is 15.9.